The number of anilines is 1. The van der Waals surface area contributed by atoms with Crippen LogP contribution in [0, 0.1) is 6.92 Å². The molecule has 30 heavy (non-hydrogen) atoms. The van der Waals surface area contributed by atoms with E-state index < -0.39 is 0 Å². The monoisotopic (exact) mass is 423 g/mol. The van der Waals surface area contributed by atoms with Crippen LogP contribution in [0.4, 0.5) is 5.69 Å². The molecule has 0 aliphatic carbocycles. The summed E-state index contributed by atoms with van der Waals surface area (Å²) in [6, 6.07) is 18.6. The number of aryl methyl sites for hydroxylation is 2. The van der Waals surface area contributed by atoms with Crippen molar-refractivity contribution in [2.45, 2.75) is 33.8 Å². The van der Waals surface area contributed by atoms with E-state index in [1.54, 1.807) is 18.2 Å². The highest BCUT2D eigenvalue weighted by molar-refractivity contribution is 6.30. The fourth-order valence-corrected chi connectivity index (χ4v) is 3.34. The number of amides is 1. The molecule has 0 heterocycles. The molecule has 156 valence electrons. The summed E-state index contributed by atoms with van der Waals surface area (Å²) in [7, 11) is 0. The van der Waals surface area contributed by atoms with Crippen LogP contribution in [-0.4, -0.2) is 12.5 Å². The third-order valence-electron chi connectivity index (χ3n) is 4.81. The minimum atomic E-state index is -0.158. The molecule has 1 N–H and O–H groups in total. The fourth-order valence-electron chi connectivity index (χ4n) is 3.21. The van der Waals surface area contributed by atoms with Crippen molar-refractivity contribution in [2.75, 3.05) is 11.9 Å². The molecule has 0 saturated carbocycles. The minimum absolute atomic E-state index is 0.158. The summed E-state index contributed by atoms with van der Waals surface area (Å²) in [5, 5.41) is 3.72. The molecule has 3 aromatic carbocycles. The number of hydrogen-bond acceptors (Lipinski definition) is 3. The van der Waals surface area contributed by atoms with Crippen molar-refractivity contribution in [2.24, 2.45) is 0 Å². The van der Waals surface area contributed by atoms with Crippen molar-refractivity contribution < 1.29 is 14.3 Å². The Morgan fingerprint density at radius 2 is 1.73 bits per heavy atom. The third-order valence-corrected chi connectivity index (χ3v) is 5.06. The number of ether oxygens (including phenoxy) is 2. The average molecular weight is 424 g/mol. The van der Waals surface area contributed by atoms with Crippen LogP contribution in [0.15, 0.2) is 60.7 Å². The van der Waals surface area contributed by atoms with Gasteiger partial charge in [-0.1, -0.05) is 36.7 Å². The predicted molar refractivity (Wildman–Crippen MR) is 122 cm³/mol. The lowest BCUT2D eigenvalue weighted by atomic mass is 10.0. The van der Waals surface area contributed by atoms with Gasteiger partial charge in [0, 0.05) is 21.8 Å². The molecular formula is C25H26ClNO3. The molecule has 3 aromatic rings. The number of nitrogens with one attached hydrogen (secondary N) is 1. The van der Waals surface area contributed by atoms with Gasteiger partial charge in [-0.25, -0.2) is 0 Å². The van der Waals surface area contributed by atoms with E-state index in [9.17, 15) is 4.79 Å². The minimum Gasteiger partial charge on any atom is -0.493 e. The van der Waals surface area contributed by atoms with Crippen molar-refractivity contribution in [1.82, 2.24) is 0 Å². The van der Waals surface area contributed by atoms with E-state index in [1.807, 2.05) is 56.3 Å². The van der Waals surface area contributed by atoms with Crippen molar-refractivity contribution in [3.8, 4) is 11.5 Å². The van der Waals surface area contributed by atoms with Gasteiger partial charge in [0.15, 0.2) is 0 Å². The normalized spacial score (nSPS) is 10.5. The molecule has 1 amide bonds. The first kappa shape index (κ1) is 21.7. The zero-order valence-electron chi connectivity index (χ0n) is 17.5. The molecular weight excluding hydrogens is 398 g/mol. The average Bonchev–Trinajstić information content (AvgIpc) is 2.75. The quantitative estimate of drug-likeness (QED) is 0.453. The Morgan fingerprint density at radius 3 is 2.43 bits per heavy atom. The summed E-state index contributed by atoms with van der Waals surface area (Å²) in [5.74, 6) is 1.24. The van der Waals surface area contributed by atoms with Crippen LogP contribution in [0.2, 0.25) is 5.02 Å². The maximum Gasteiger partial charge on any atom is 0.255 e. The lowest BCUT2D eigenvalue weighted by molar-refractivity contribution is 0.102. The summed E-state index contributed by atoms with van der Waals surface area (Å²) in [6.45, 7) is 6.81. The van der Waals surface area contributed by atoms with Crippen molar-refractivity contribution in [3.63, 3.8) is 0 Å². The standard InChI is InChI=1S/C25H26ClNO3/c1-4-18-8-6-7-17(3)24(18)27-25(28)19-9-14-23(29-5-2)20(15-19)16-30-22-12-10-21(26)11-13-22/h6-15H,4-5,16H2,1-3H3,(H,27,28). The van der Waals surface area contributed by atoms with Gasteiger partial charge in [-0.2, -0.15) is 0 Å². The first-order valence-electron chi connectivity index (χ1n) is 10.1. The summed E-state index contributed by atoms with van der Waals surface area (Å²) >= 11 is 5.93. The van der Waals surface area contributed by atoms with Crippen LogP contribution in [0.3, 0.4) is 0 Å². The zero-order valence-corrected chi connectivity index (χ0v) is 18.3. The Hall–Kier alpha value is -2.98. The van der Waals surface area contributed by atoms with Gasteiger partial charge in [0.2, 0.25) is 0 Å². The highest BCUT2D eigenvalue weighted by atomic mass is 35.5. The van der Waals surface area contributed by atoms with Crippen molar-refractivity contribution in [3.05, 3.63) is 87.9 Å². The first-order chi connectivity index (χ1) is 14.5. The Balaban J connectivity index is 1.82. The van der Waals surface area contributed by atoms with Crippen LogP contribution in [0.5, 0.6) is 11.5 Å². The maximum atomic E-state index is 13.0. The Kier molecular flexibility index (Phi) is 7.36. The predicted octanol–water partition coefficient (Wildman–Crippen LogP) is 6.44. The van der Waals surface area contributed by atoms with Gasteiger partial charge in [0.1, 0.15) is 18.1 Å². The summed E-state index contributed by atoms with van der Waals surface area (Å²) in [4.78, 5) is 13.0. The van der Waals surface area contributed by atoms with E-state index in [0.717, 1.165) is 28.8 Å². The lowest BCUT2D eigenvalue weighted by Crippen LogP contribution is -2.15. The van der Waals surface area contributed by atoms with Gasteiger partial charge >= 0.3 is 0 Å². The van der Waals surface area contributed by atoms with E-state index >= 15 is 0 Å². The first-order valence-corrected chi connectivity index (χ1v) is 10.4. The van der Waals surface area contributed by atoms with Crippen molar-refractivity contribution in [1.29, 1.82) is 0 Å². The number of hydrogen-bond donors (Lipinski definition) is 1. The van der Waals surface area contributed by atoms with Crippen LogP contribution >= 0.6 is 11.6 Å². The van der Waals surface area contributed by atoms with Crippen LogP contribution in [0.1, 0.15) is 40.9 Å². The second-order valence-corrected chi connectivity index (χ2v) is 7.35. The van der Waals surface area contributed by atoms with E-state index in [1.165, 1.54) is 0 Å². The Morgan fingerprint density at radius 1 is 0.967 bits per heavy atom. The highest BCUT2D eigenvalue weighted by Gasteiger charge is 2.14. The number of rotatable bonds is 8. The highest BCUT2D eigenvalue weighted by Crippen LogP contribution is 2.26. The number of carbonyl (C=O) groups is 1. The van der Waals surface area contributed by atoms with E-state index in [4.69, 9.17) is 21.1 Å². The van der Waals surface area contributed by atoms with E-state index in [2.05, 4.69) is 12.2 Å². The molecule has 0 fully saturated rings. The fraction of sp³-hybridized carbons (Fsp3) is 0.240. The number of para-hydroxylation sites is 1. The van der Waals surface area contributed by atoms with Gasteiger partial charge in [-0.3, -0.25) is 4.79 Å². The molecule has 0 aliphatic rings. The third kappa shape index (κ3) is 5.33. The number of halogens is 1. The second-order valence-electron chi connectivity index (χ2n) is 6.91. The molecule has 0 aliphatic heterocycles. The summed E-state index contributed by atoms with van der Waals surface area (Å²) < 4.78 is 11.6. The van der Waals surface area contributed by atoms with Gasteiger partial charge in [-0.05, 0) is 73.9 Å². The molecule has 4 nitrogen and oxygen atoms in total. The zero-order chi connectivity index (χ0) is 21.5. The Labute approximate surface area is 182 Å². The Bertz CT molecular complexity index is 1020. The molecule has 0 bridgehead atoms. The van der Waals surface area contributed by atoms with E-state index in [-0.39, 0.29) is 12.5 Å². The molecule has 0 atom stereocenters. The molecule has 3 rings (SSSR count). The van der Waals surface area contributed by atoms with Gasteiger partial charge in [0.05, 0.1) is 6.61 Å². The molecule has 0 saturated heterocycles. The largest absolute Gasteiger partial charge is 0.493 e. The SMILES string of the molecule is CCOc1ccc(C(=O)Nc2c(C)cccc2CC)cc1COc1ccc(Cl)cc1. The van der Waals surface area contributed by atoms with Gasteiger partial charge in [0.25, 0.3) is 5.91 Å². The van der Waals surface area contributed by atoms with Gasteiger partial charge in [-0.15, -0.1) is 0 Å². The molecule has 5 heteroatoms. The molecule has 0 aromatic heterocycles. The molecule has 0 radical (unpaired) electrons. The van der Waals surface area contributed by atoms with E-state index in [0.29, 0.717) is 28.7 Å². The summed E-state index contributed by atoms with van der Waals surface area (Å²) in [5.41, 5.74) is 4.39. The molecule has 0 spiro atoms. The smallest absolute Gasteiger partial charge is 0.255 e. The topological polar surface area (TPSA) is 47.6 Å². The van der Waals surface area contributed by atoms with Crippen LogP contribution < -0.4 is 14.8 Å². The lowest BCUT2D eigenvalue weighted by Gasteiger charge is -2.15. The van der Waals surface area contributed by atoms with Crippen molar-refractivity contribution >= 4 is 23.2 Å². The van der Waals surface area contributed by atoms with Crippen LogP contribution in [-0.2, 0) is 13.0 Å². The second kappa shape index (κ2) is 10.2. The number of benzene rings is 3. The number of carbonyl (C=O) groups excluding carboxylic acids is 1. The summed E-state index contributed by atoms with van der Waals surface area (Å²) in [6.07, 6.45) is 0.848. The molecule has 0 unspecified atom stereocenters. The van der Waals surface area contributed by atoms with Gasteiger partial charge < -0.3 is 14.8 Å². The van der Waals surface area contributed by atoms with Crippen LogP contribution in [0.25, 0.3) is 0 Å². The maximum absolute atomic E-state index is 13.0.